The minimum absolute atomic E-state index is 0. The summed E-state index contributed by atoms with van der Waals surface area (Å²) in [7, 11) is 4.23. The van der Waals surface area contributed by atoms with Crippen molar-refractivity contribution in [3.8, 4) is 45.3 Å². The zero-order valence-corrected chi connectivity index (χ0v) is 60.0. The Morgan fingerprint density at radius 2 is 0.915 bits per heavy atom. The van der Waals surface area contributed by atoms with Gasteiger partial charge in [0.2, 0.25) is 0 Å². The Hall–Kier alpha value is -8.68. The second-order valence-electron chi connectivity index (χ2n) is 26.1. The monoisotopic (exact) mass is 1500 g/mol. The SMILES string of the molecule is CCC/C(=C1\C(=O)OC2(Oc3ccc4ccccc4c3-c3c(ccc4ccccc34)O2)C1=C(C)C)c1c(C)n(C)c2ccccc12.CCCC1=C2c3ccccc3N(C)C2(C)C(C)(C)C2=C1C(=O)OC21Oc2ccc3ccccc3c2-c2c(ccc3ccccc23)O1.[U].[V]. The second kappa shape index (κ2) is 23.1. The maximum Gasteiger partial charge on any atom is 0.450 e. The molecule has 0 N–H and O–H groups in total. The molecule has 1 saturated heterocycles. The van der Waals surface area contributed by atoms with Gasteiger partial charge >= 0.3 is 23.9 Å². The van der Waals surface area contributed by atoms with Crippen molar-refractivity contribution < 1.29 is 87.7 Å². The summed E-state index contributed by atoms with van der Waals surface area (Å²) >= 11 is 0. The largest absolute Gasteiger partial charge is 0.450 e. The topological polar surface area (TPSA) is 97.7 Å². The number of likely N-dealkylation sites (N-methyl/N-ethyl adjacent to an activating group) is 1. The molecule has 94 heavy (non-hydrogen) atoms. The van der Waals surface area contributed by atoms with Crippen LogP contribution in [0.2, 0.25) is 0 Å². The van der Waals surface area contributed by atoms with Crippen LogP contribution in [0.15, 0.2) is 228 Å². The zero-order chi connectivity index (χ0) is 63.3. The van der Waals surface area contributed by atoms with Gasteiger partial charge in [0.15, 0.2) is 0 Å². The molecule has 1 unspecified atom stereocenters. The van der Waals surface area contributed by atoms with E-state index in [1.165, 1.54) is 11.1 Å². The van der Waals surface area contributed by atoms with Crippen LogP contribution in [0.4, 0.5) is 5.69 Å². The van der Waals surface area contributed by atoms with E-state index in [0.29, 0.717) is 46.1 Å². The van der Waals surface area contributed by atoms with Crippen LogP contribution >= 0.6 is 0 Å². The fourth-order valence-electron chi connectivity index (χ4n) is 16.3. The second-order valence-corrected chi connectivity index (χ2v) is 26.1. The summed E-state index contributed by atoms with van der Waals surface area (Å²) in [5.41, 5.74) is 14.6. The first-order chi connectivity index (χ1) is 44.5. The van der Waals surface area contributed by atoms with Crippen molar-refractivity contribution in [2.45, 2.75) is 98.6 Å². The number of carbonyl (C=O) groups is 2. The van der Waals surface area contributed by atoms with Gasteiger partial charge in [0.25, 0.3) is 0 Å². The van der Waals surface area contributed by atoms with Gasteiger partial charge in [0.05, 0.1) is 27.8 Å². The molecule has 2 spiro atoms. The van der Waals surface area contributed by atoms with Gasteiger partial charge in [-0.25, -0.2) is 9.59 Å². The third-order valence-corrected chi connectivity index (χ3v) is 20.7. The van der Waals surface area contributed by atoms with E-state index in [9.17, 15) is 9.59 Å². The maximum atomic E-state index is 14.4. The first-order valence-electron chi connectivity index (χ1n) is 32.1. The van der Waals surface area contributed by atoms with Gasteiger partial charge in [-0.3, -0.25) is 0 Å². The fourth-order valence-corrected chi connectivity index (χ4v) is 16.3. The van der Waals surface area contributed by atoms with Crippen molar-refractivity contribution in [3.05, 3.63) is 244 Å². The van der Waals surface area contributed by atoms with Crippen molar-refractivity contribution in [2.24, 2.45) is 12.5 Å². The number of para-hydroxylation sites is 2. The van der Waals surface area contributed by atoms with E-state index < -0.39 is 34.8 Å². The Balaban J connectivity index is 0.000000159. The van der Waals surface area contributed by atoms with Gasteiger partial charge < -0.3 is 37.9 Å². The van der Waals surface area contributed by atoms with Gasteiger partial charge in [0.1, 0.15) is 23.0 Å². The number of aryl methyl sites for hydroxylation is 1. The van der Waals surface area contributed by atoms with Crippen molar-refractivity contribution in [1.29, 1.82) is 0 Å². The molecule has 1 atom stereocenters. The molecule has 10 nitrogen and oxygen atoms in total. The first kappa shape index (κ1) is 62.7. The summed E-state index contributed by atoms with van der Waals surface area (Å²) in [4.78, 5) is 31.2. The minimum Gasteiger partial charge on any atom is -0.416 e. The van der Waals surface area contributed by atoms with Gasteiger partial charge in [-0.15, -0.1) is 0 Å². The maximum absolute atomic E-state index is 14.4. The van der Waals surface area contributed by atoms with Crippen LogP contribution in [-0.4, -0.2) is 41.0 Å². The van der Waals surface area contributed by atoms with E-state index >= 15 is 0 Å². The van der Waals surface area contributed by atoms with Gasteiger partial charge in [-0.1, -0.05) is 204 Å². The van der Waals surface area contributed by atoms with Gasteiger partial charge in [-0.05, 0) is 137 Å². The number of carbonyl (C=O) groups excluding carboxylic acids is 2. The van der Waals surface area contributed by atoms with Crippen molar-refractivity contribution in [1.82, 2.24) is 4.57 Å². The van der Waals surface area contributed by atoms with Crippen LogP contribution in [0.25, 0.3) is 87.4 Å². The van der Waals surface area contributed by atoms with E-state index in [2.05, 4.69) is 180 Å². The third kappa shape index (κ3) is 8.87. The summed E-state index contributed by atoms with van der Waals surface area (Å²) in [6, 6.07) is 66.3. The van der Waals surface area contributed by atoms with Crippen molar-refractivity contribution in [3.63, 3.8) is 0 Å². The Bertz CT molecular complexity index is 5040. The van der Waals surface area contributed by atoms with Crippen LogP contribution in [-0.2, 0) is 44.7 Å². The molecule has 6 aliphatic rings. The smallest absolute Gasteiger partial charge is 0.416 e. The number of nitrogens with zero attached hydrogens (tertiary/aromatic N) is 2. The molecule has 5 aliphatic heterocycles. The van der Waals surface area contributed by atoms with Crippen LogP contribution < -0.4 is 23.8 Å². The van der Waals surface area contributed by atoms with Crippen LogP contribution in [0.5, 0.6) is 23.0 Å². The number of anilines is 1. The van der Waals surface area contributed by atoms with E-state index in [1.807, 2.05) is 92.7 Å². The summed E-state index contributed by atoms with van der Waals surface area (Å²) in [5, 5.41) is 9.64. The number of aromatic nitrogens is 1. The molecular weight excluding hydrogens is 1430 g/mol. The number of fused-ring (bicyclic) bond motifs is 19. The number of esters is 2. The third-order valence-electron chi connectivity index (χ3n) is 20.7. The molecule has 6 heterocycles. The molecule has 17 rings (SSSR count). The number of hydrogen-bond acceptors (Lipinski definition) is 9. The molecule has 1 aromatic heterocycles. The molecule has 1 aliphatic carbocycles. The number of allylic oxidation sites excluding steroid dienone is 2. The average molecular weight is 1500 g/mol. The quantitative estimate of drug-likeness (QED) is 0.123. The van der Waals surface area contributed by atoms with E-state index in [-0.39, 0.29) is 49.7 Å². The summed E-state index contributed by atoms with van der Waals surface area (Å²) in [6.07, 6.45) is 3.15. The van der Waals surface area contributed by atoms with E-state index in [4.69, 9.17) is 28.4 Å². The van der Waals surface area contributed by atoms with Crippen LogP contribution in [0.1, 0.15) is 91.0 Å². The zero-order valence-electron chi connectivity index (χ0n) is 54.4. The Labute approximate surface area is 583 Å². The molecule has 12 heteroatoms. The number of hydrogen-bond donors (Lipinski definition) is 0. The molecule has 1 fully saturated rings. The molecule has 465 valence electrons. The molecule has 10 aromatic carbocycles. The molecule has 0 bridgehead atoms. The average Bonchev–Trinajstić information content (AvgIpc) is 1.48. The molecule has 11 aromatic rings. The first-order valence-corrected chi connectivity index (χ1v) is 32.1. The van der Waals surface area contributed by atoms with Gasteiger partial charge in [0, 0.05) is 125 Å². The standard InChI is InChI=1S/2C41H35NO4.U.V/c1-6-13-29-35-37(39(2,3)40(4)36(29)28-18-11-12-19-30(28)42(40)5)41(46-38(35)43)44-31-22-20-24-14-7-9-16-26(24)33(31)34-27-17-10-8-15-25(27)21-23-32(34)45-41;1-6-13-31(35-25(4)42(5)32-19-12-11-18-30(32)35)38-39(24(2)3)41(46-40(38)43)44-33-22-20-26-14-7-9-16-28(26)36(33)37-29-17-10-8-15-27(29)21-23-34(37)45-41;;/h2*7-12,14-23H,6,13H2,1-5H3;;/b;38-31+;;. The van der Waals surface area contributed by atoms with Crippen LogP contribution in [0.3, 0.4) is 0 Å². The molecular formula is C82H70N2O8UV. The Kier molecular flexibility index (Phi) is 15.4. The predicted octanol–water partition coefficient (Wildman–Crippen LogP) is 19.5. The number of rotatable bonds is 5. The Morgan fingerprint density at radius 3 is 1.38 bits per heavy atom. The predicted molar refractivity (Wildman–Crippen MR) is 368 cm³/mol. The minimum atomic E-state index is -1.81. The van der Waals surface area contributed by atoms with Crippen LogP contribution in [0, 0.1) is 43.5 Å². The van der Waals surface area contributed by atoms with Crippen molar-refractivity contribution in [2.75, 3.05) is 11.9 Å². The number of ether oxygens (including phenoxy) is 6. The van der Waals surface area contributed by atoms with Gasteiger partial charge in [-0.2, -0.15) is 0 Å². The molecule has 1 radical (unpaired) electrons. The van der Waals surface area contributed by atoms with E-state index in [1.54, 1.807) is 0 Å². The summed E-state index contributed by atoms with van der Waals surface area (Å²) in [6.45, 7) is 17.1. The fraction of sp³-hybridized carbons (Fsp3) is 0.220. The Morgan fingerprint density at radius 1 is 0.489 bits per heavy atom. The number of benzene rings is 10. The summed E-state index contributed by atoms with van der Waals surface area (Å²) < 4.78 is 43.1. The van der Waals surface area contributed by atoms with Crippen molar-refractivity contribution >= 4 is 82.8 Å². The normalized spacial score (nSPS) is 18.5. The molecule has 0 saturated carbocycles. The summed E-state index contributed by atoms with van der Waals surface area (Å²) in [5.74, 6) is -2.03. The van der Waals surface area contributed by atoms with E-state index in [0.717, 1.165) is 135 Å². The molecule has 0 amide bonds.